The fraction of sp³-hybridized carbons (Fsp3) is 1.00. The standard InChI is InChI=1S/C19H40O2/c1-3-5-7-8-11-15-19(21)17-13-9-12-16-18(20)14-10-6-4-2/h18-21H,3-17H2,1-2H3. The monoisotopic (exact) mass is 300 g/mol. The zero-order chi connectivity index (χ0) is 15.8. The van der Waals surface area contributed by atoms with Crippen molar-refractivity contribution < 1.29 is 10.2 Å². The number of unbranched alkanes of at least 4 members (excludes halogenated alkanes) is 8. The van der Waals surface area contributed by atoms with E-state index in [1.54, 1.807) is 0 Å². The van der Waals surface area contributed by atoms with Crippen LogP contribution in [0.3, 0.4) is 0 Å². The Labute approximate surface area is 133 Å². The fourth-order valence-electron chi connectivity index (χ4n) is 2.84. The molecule has 0 amide bonds. The minimum atomic E-state index is -0.0972. The van der Waals surface area contributed by atoms with E-state index in [-0.39, 0.29) is 12.2 Å². The molecule has 0 aromatic rings. The van der Waals surface area contributed by atoms with Crippen LogP contribution in [-0.2, 0) is 0 Å². The lowest BCUT2D eigenvalue weighted by atomic mass is 10.0. The first-order chi connectivity index (χ1) is 10.2. The average Bonchev–Trinajstić information content (AvgIpc) is 2.47. The largest absolute Gasteiger partial charge is 0.393 e. The van der Waals surface area contributed by atoms with Crippen molar-refractivity contribution in [3.8, 4) is 0 Å². The second-order valence-corrected chi connectivity index (χ2v) is 6.64. The number of hydrogen-bond acceptors (Lipinski definition) is 2. The Balaban J connectivity index is 3.25. The summed E-state index contributed by atoms with van der Waals surface area (Å²) in [7, 11) is 0. The van der Waals surface area contributed by atoms with Crippen molar-refractivity contribution in [1.82, 2.24) is 0 Å². The Morgan fingerprint density at radius 2 is 0.762 bits per heavy atom. The van der Waals surface area contributed by atoms with Crippen molar-refractivity contribution in [3.05, 3.63) is 0 Å². The molecule has 128 valence electrons. The van der Waals surface area contributed by atoms with Crippen LogP contribution in [0.25, 0.3) is 0 Å². The molecule has 0 radical (unpaired) electrons. The van der Waals surface area contributed by atoms with Gasteiger partial charge in [-0.1, -0.05) is 84.5 Å². The van der Waals surface area contributed by atoms with Crippen molar-refractivity contribution in [2.24, 2.45) is 0 Å². The summed E-state index contributed by atoms with van der Waals surface area (Å²) in [4.78, 5) is 0. The van der Waals surface area contributed by atoms with E-state index in [1.165, 1.54) is 44.9 Å². The van der Waals surface area contributed by atoms with Gasteiger partial charge in [-0.3, -0.25) is 0 Å². The lowest BCUT2D eigenvalue weighted by Crippen LogP contribution is -2.07. The van der Waals surface area contributed by atoms with Gasteiger partial charge in [-0.15, -0.1) is 0 Å². The lowest BCUT2D eigenvalue weighted by Gasteiger charge is -2.12. The topological polar surface area (TPSA) is 40.5 Å². The zero-order valence-electron chi connectivity index (χ0n) is 14.7. The summed E-state index contributed by atoms with van der Waals surface area (Å²) in [6.07, 6.45) is 17.0. The second-order valence-electron chi connectivity index (χ2n) is 6.64. The highest BCUT2D eigenvalue weighted by Gasteiger charge is 2.06. The molecule has 0 aliphatic rings. The van der Waals surface area contributed by atoms with Gasteiger partial charge in [0.1, 0.15) is 0 Å². The minimum absolute atomic E-state index is 0.0962. The Bertz CT molecular complexity index is 194. The zero-order valence-corrected chi connectivity index (χ0v) is 14.7. The molecule has 0 aromatic heterocycles. The van der Waals surface area contributed by atoms with E-state index in [1.807, 2.05) is 0 Å². The normalized spacial score (nSPS) is 14.3. The van der Waals surface area contributed by atoms with Gasteiger partial charge in [0.2, 0.25) is 0 Å². The maximum absolute atomic E-state index is 9.91. The van der Waals surface area contributed by atoms with Crippen molar-refractivity contribution in [1.29, 1.82) is 0 Å². The molecule has 0 aliphatic heterocycles. The quantitative estimate of drug-likeness (QED) is 0.364. The predicted octanol–water partition coefficient (Wildman–Crippen LogP) is 5.60. The molecule has 0 spiro atoms. The van der Waals surface area contributed by atoms with Gasteiger partial charge < -0.3 is 10.2 Å². The minimum Gasteiger partial charge on any atom is -0.393 e. The maximum Gasteiger partial charge on any atom is 0.0540 e. The van der Waals surface area contributed by atoms with Crippen LogP contribution in [0, 0.1) is 0 Å². The van der Waals surface area contributed by atoms with Crippen molar-refractivity contribution in [2.45, 2.75) is 122 Å². The van der Waals surface area contributed by atoms with Gasteiger partial charge in [-0.2, -0.15) is 0 Å². The summed E-state index contributed by atoms with van der Waals surface area (Å²) >= 11 is 0. The Kier molecular flexibility index (Phi) is 16.2. The molecule has 0 saturated heterocycles. The summed E-state index contributed by atoms with van der Waals surface area (Å²) in [6, 6.07) is 0. The van der Waals surface area contributed by atoms with E-state index in [2.05, 4.69) is 13.8 Å². The molecule has 0 fully saturated rings. The molecular formula is C19H40O2. The van der Waals surface area contributed by atoms with E-state index in [0.29, 0.717) is 0 Å². The highest BCUT2D eigenvalue weighted by Crippen LogP contribution is 2.14. The van der Waals surface area contributed by atoms with Gasteiger partial charge in [0.15, 0.2) is 0 Å². The first-order valence-corrected chi connectivity index (χ1v) is 9.56. The molecule has 2 nitrogen and oxygen atoms in total. The highest BCUT2D eigenvalue weighted by molar-refractivity contribution is 4.60. The van der Waals surface area contributed by atoms with Gasteiger partial charge >= 0.3 is 0 Å². The molecule has 0 aromatic carbocycles. The van der Waals surface area contributed by atoms with Crippen LogP contribution in [0.4, 0.5) is 0 Å². The van der Waals surface area contributed by atoms with Gasteiger partial charge in [0.05, 0.1) is 12.2 Å². The maximum atomic E-state index is 9.91. The predicted molar refractivity (Wildman–Crippen MR) is 92.6 cm³/mol. The molecule has 0 heterocycles. The van der Waals surface area contributed by atoms with Crippen molar-refractivity contribution in [3.63, 3.8) is 0 Å². The smallest absolute Gasteiger partial charge is 0.0540 e. The Hall–Kier alpha value is -0.0800. The lowest BCUT2D eigenvalue weighted by molar-refractivity contribution is 0.139. The van der Waals surface area contributed by atoms with Crippen molar-refractivity contribution >= 4 is 0 Å². The van der Waals surface area contributed by atoms with Crippen LogP contribution in [0.5, 0.6) is 0 Å². The fourth-order valence-corrected chi connectivity index (χ4v) is 2.84. The molecule has 2 N–H and O–H groups in total. The van der Waals surface area contributed by atoms with Crippen LogP contribution in [-0.4, -0.2) is 22.4 Å². The first kappa shape index (κ1) is 20.9. The van der Waals surface area contributed by atoms with Crippen LogP contribution < -0.4 is 0 Å². The van der Waals surface area contributed by atoms with Crippen LogP contribution in [0.15, 0.2) is 0 Å². The summed E-state index contributed by atoms with van der Waals surface area (Å²) in [6.45, 7) is 4.43. The summed E-state index contributed by atoms with van der Waals surface area (Å²) in [5, 5.41) is 19.7. The van der Waals surface area contributed by atoms with E-state index in [9.17, 15) is 10.2 Å². The van der Waals surface area contributed by atoms with Crippen molar-refractivity contribution in [2.75, 3.05) is 0 Å². The van der Waals surface area contributed by atoms with E-state index < -0.39 is 0 Å². The Morgan fingerprint density at radius 3 is 1.19 bits per heavy atom. The molecule has 2 unspecified atom stereocenters. The second kappa shape index (κ2) is 16.3. The number of rotatable bonds is 16. The van der Waals surface area contributed by atoms with Crippen LogP contribution in [0.2, 0.25) is 0 Å². The molecule has 2 heteroatoms. The molecule has 0 bridgehead atoms. The number of aliphatic hydroxyl groups is 2. The first-order valence-electron chi connectivity index (χ1n) is 9.56. The summed E-state index contributed by atoms with van der Waals surface area (Å²) in [5.41, 5.74) is 0. The van der Waals surface area contributed by atoms with Gasteiger partial charge in [-0.25, -0.2) is 0 Å². The summed E-state index contributed by atoms with van der Waals surface area (Å²) in [5.74, 6) is 0. The Morgan fingerprint density at radius 1 is 0.476 bits per heavy atom. The SMILES string of the molecule is CCCCCCCC(O)CCCCCC(O)CCCCC. The number of hydrogen-bond donors (Lipinski definition) is 2. The molecule has 2 atom stereocenters. The van der Waals surface area contributed by atoms with E-state index in [4.69, 9.17) is 0 Å². The highest BCUT2D eigenvalue weighted by atomic mass is 16.3. The van der Waals surface area contributed by atoms with E-state index >= 15 is 0 Å². The van der Waals surface area contributed by atoms with Gasteiger partial charge in [0, 0.05) is 0 Å². The molecule has 0 aliphatic carbocycles. The average molecular weight is 301 g/mol. The molecule has 0 rings (SSSR count). The molecule has 0 saturated carbocycles. The third-order valence-electron chi connectivity index (χ3n) is 4.36. The third kappa shape index (κ3) is 16.1. The van der Waals surface area contributed by atoms with Gasteiger partial charge in [0.25, 0.3) is 0 Å². The van der Waals surface area contributed by atoms with Crippen LogP contribution in [0.1, 0.15) is 110 Å². The summed E-state index contributed by atoms with van der Waals surface area (Å²) < 4.78 is 0. The van der Waals surface area contributed by atoms with Crippen LogP contribution >= 0.6 is 0 Å². The number of aliphatic hydroxyl groups excluding tert-OH is 2. The van der Waals surface area contributed by atoms with Gasteiger partial charge in [-0.05, 0) is 25.7 Å². The van der Waals surface area contributed by atoms with E-state index in [0.717, 1.165) is 51.4 Å². The molecular weight excluding hydrogens is 260 g/mol. The molecule has 21 heavy (non-hydrogen) atoms. The third-order valence-corrected chi connectivity index (χ3v) is 4.36.